The fourth-order valence-electron chi connectivity index (χ4n) is 2.45. The second-order valence-corrected chi connectivity index (χ2v) is 5.45. The van der Waals surface area contributed by atoms with Crippen molar-refractivity contribution in [2.45, 2.75) is 20.8 Å². The number of anilines is 2. The molecule has 0 fully saturated rings. The zero-order chi connectivity index (χ0) is 18.2. The lowest BCUT2D eigenvalue weighted by Crippen LogP contribution is -2.21. The first-order valence-corrected chi connectivity index (χ1v) is 8.29. The Morgan fingerprint density at radius 3 is 2.32 bits per heavy atom. The highest BCUT2D eigenvalue weighted by molar-refractivity contribution is 5.92. The molecule has 132 valence electrons. The second-order valence-electron chi connectivity index (χ2n) is 5.45. The number of ether oxygens (including phenoxy) is 1. The number of hydrogen-bond donors (Lipinski definition) is 1. The number of rotatable bonds is 7. The Bertz CT molecular complexity index is 738. The maximum absolute atomic E-state index is 11.5. The van der Waals surface area contributed by atoms with Crippen molar-refractivity contribution in [1.82, 2.24) is 0 Å². The third-order valence-electron chi connectivity index (χ3n) is 3.77. The number of nitrogens with one attached hydrogen (secondary N) is 1. The molecule has 0 saturated carbocycles. The van der Waals surface area contributed by atoms with E-state index >= 15 is 0 Å². The molecule has 25 heavy (non-hydrogen) atoms. The Labute approximate surface area is 148 Å². The van der Waals surface area contributed by atoms with Crippen molar-refractivity contribution in [3.8, 4) is 5.75 Å². The summed E-state index contributed by atoms with van der Waals surface area (Å²) in [5, 5.41) is 11.4. The molecule has 0 aliphatic carbocycles. The number of carbonyl (C=O) groups excluding carboxylic acids is 1. The van der Waals surface area contributed by atoms with Gasteiger partial charge in [0.1, 0.15) is 11.4 Å². The van der Waals surface area contributed by atoms with Crippen molar-refractivity contribution >= 4 is 28.7 Å². The molecular formula is C19H24N4O2. The maximum atomic E-state index is 11.5. The van der Waals surface area contributed by atoms with Gasteiger partial charge in [-0.3, -0.25) is 4.79 Å². The average Bonchev–Trinajstić information content (AvgIpc) is 2.62. The molecule has 0 heterocycles. The van der Waals surface area contributed by atoms with Crippen molar-refractivity contribution in [2.24, 2.45) is 10.2 Å². The Hall–Kier alpha value is -2.89. The van der Waals surface area contributed by atoms with E-state index in [1.807, 2.05) is 42.5 Å². The highest BCUT2D eigenvalue weighted by Gasteiger charge is 2.09. The van der Waals surface area contributed by atoms with Gasteiger partial charge >= 0.3 is 0 Å². The number of amides is 1. The Kier molecular flexibility index (Phi) is 6.51. The minimum absolute atomic E-state index is 0.141. The molecule has 6 nitrogen and oxygen atoms in total. The fraction of sp³-hybridized carbons (Fsp3) is 0.316. The minimum atomic E-state index is -0.141. The third kappa shape index (κ3) is 5.04. The van der Waals surface area contributed by atoms with E-state index in [9.17, 15) is 4.79 Å². The predicted molar refractivity (Wildman–Crippen MR) is 101 cm³/mol. The topological polar surface area (TPSA) is 66.3 Å². The van der Waals surface area contributed by atoms with E-state index in [-0.39, 0.29) is 5.91 Å². The molecular weight excluding hydrogens is 316 g/mol. The molecule has 0 bridgehead atoms. The number of hydrogen-bond acceptors (Lipinski definition) is 5. The van der Waals surface area contributed by atoms with E-state index in [0.29, 0.717) is 17.1 Å². The van der Waals surface area contributed by atoms with E-state index in [1.165, 1.54) is 6.92 Å². The van der Waals surface area contributed by atoms with E-state index in [4.69, 9.17) is 4.74 Å². The van der Waals surface area contributed by atoms with Crippen LogP contribution in [-0.4, -0.2) is 26.1 Å². The molecule has 1 amide bonds. The maximum Gasteiger partial charge on any atom is 0.221 e. The van der Waals surface area contributed by atoms with Crippen LogP contribution >= 0.6 is 0 Å². The monoisotopic (exact) mass is 340 g/mol. The van der Waals surface area contributed by atoms with E-state index in [0.717, 1.165) is 24.5 Å². The third-order valence-corrected chi connectivity index (χ3v) is 3.77. The smallest absolute Gasteiger partial charge is 0.221 e. The fourth-order valence-corrected chi connectivity index (χ4v) is 2.45. The van der Waals surface area contributed by atoms with Crippen LogP contribution in [0.2, 0.25) is 0 Å². The van der Waals surface area contributed by atoms with E-state index in [1.54, 1.807) is 7.11 Å². The largest absolute Gasteiger partial charge is 0.497 e. The molecule has 0 spiro atoms. The standard InChI is InChI=1S/C19H24N4O2/c1-5-23(6-2)16-9-12-18(19(13-16)20-14(3)24)22-21-15-7-10-17(25-4)11-8-15/h7-13H,5-6H2,1-4H3,(H,20,24). The first kappa shape index (κ1) is 18.4. The highest BCUT2D eigenvalue weighted by atomic mass is 16.5. The van der Waals surface area contributed by atoms with Gasteiger partial charge in [-0.15, -0.1) is 5.11 Å². The minimum Gasteiger partial charge on any atom is -0.497 e. The van der Waals surface area contributed by atoms with Crippen LogP contribution < -0.4 is 15.0 Å². The summed E-state index contributed by atoms with van der Waals surface area (Å²) in [7, 11) is 1.62. The van der Waals surface area contributed by atoms with Gasteiger partial charge in [-0.2, -0.15) is 5.11 Å². The number of benzene rings is 2. The normalized spacial score (nSPS) is 10.7. The van der Waals surface area contributed by atoms with Crippen LogP contribution in [0.4, 0.5) is 22.7 Å². The summed E-state index contributed by atoms with van der Waals surface area (Å²) in [6.07, 6.45) is 0. The van der Waals surface area contributed by atoms with Gasteiger partial charge in [0.05, 0.1) is 18.5 Å². The van der Waals surface area contributed by atoms with Crippen LogP contribution in [0.25, 0.3) is 0 Å². The predicted octanol–water partition coefficient (Wildman–Crippen LogP) is 4.92. The SMILES string of the molecule is CCN(CC)c1ccc(N=Nc2ccc(OC)cc2)c(NC(C)=O)c1. The van der Waals surface area contributed by atoms with Gasteiger partial charge in [0.15, 0.2) is 0 Å². The molecule has 1 N–H and O–H groups in total. The van der Waals surface area contributed by atoms with Crippen molar-refractivity contribution in [1.29, 1.82) is 0 Å². The second kappa shape index (κ2) is 8.82. The summed E-state index contributed by atoms with van der Waals surface area (Å²) < 4.78 is 5.13. The molecule has 2 aromatic carbocycles. The van der Waals surface area contributed by atoms with Gasteiger partial charge in [0, 0.05) is 25.7 Å². The number of nitrogens with zero attached hydrogens (tertiary/aromatic N) is 3. The van der Waals surface area contributed by atoms with Crippen LogP contribution in [0, 0.1) is 0 Å². The van der Waals surface area contributed by atoms with Gasteiger partial charge in [-0.1, -0.05) is 0 Å². The Morgan fingerprint density at radius 2 is 1.76 bits per heavy atom. The molecule has 2 rings (SSSR count). The number of carbonyl (C=O) groups is 1. The summed E-state index contributed by atoms with van der Waals surface area (Å²) in [4.78, 5) is 13.7. The van der Waals surface area contributed by atoms with E-state index in [2.05, 4.69) is 34.3 Å². The van der Waals surface area contributed by atoms with Gasteiger partial charge < -0.3 is 15.0 Å². The molecule has 2 aromatic rings. The lowest BCUT2D eigenvalue weighted by atomic mass is 10.2. The van der Waals surface area contributed by atoms with Crippen LogP contribution in [-0.2, 0) is 4.79 Å². The summed E-state index contributed by atoms with van der Waals surface area (Å²) in [6, 6.07) is 13.1. The summed E-state index contributed by atoms with van der Waals surface area (Å²) in [5.74, 6) is 0.624. The lowest BCUT2D eigenvalue weighted by Gasteiger charge is -2.22. The average molecular weight is 340 g/mol. The van der Waals surface area contributed by atoms with Crippen molar-refractivity contribution in [2.75, 3.05) is 30.4 Å². The van der Waals surface area contributed by atoms with Gasteiger partial charge in [-0.05, 0) is 56.3 Å². The van der Waals surface area contributed by atoms with Crippen LogP contribution in [0.15, 0.2) is 52.7 Å². The Balaban J connectivity index is 2.31. The zero-order valence-electron chi connectivity index (χ0n) is 15.1. The van der Waals surface area contributed by atoms with Gasteiger partial charge in [0.25, 0.3) is 0 Å². The molecule has 0 aliphatic rings. The first-order chi connectivity index (χ1) is 12.1. The molecule has 0 atom stereocenters. The first-order valence-electron chi connectivity index (χ1n) is 8.29. The molecule has 0 radical (unpaired) electrons. The van der Waals surface area contributed by atoms with Crippen molar-refractivity contribution in [3.05, 3.63) is 42.5 Å². The molecule has 0 aromatic heterocycles. The summed E-state index contributed by atoms with van der Waals surface area (Å²) in [5.41, 5.74) is 3.01. The summed E-state index contributed by atoms with van der Waals surface area (Å²) in [6.45, 7) is 7.46. The van der Waals surface area contributed by atoms with Gasteiger partial charge in [0.2, 0.25) is 5.91 Å². The molecule has 0 unspecified atom stereocenters. The van der Waals surface area contributed by atoms with Crippen LogP contribution in [0.3, 0.4) is 0 Å². The number of methoxy groups -OCH3 is 1. The number of azo groups is 1. The van der Waals surface area contributed by atoms with Gasteiger partial charge in [-0.25, -0.2) is 0 Å². The molecule has 0 saturated heterocycles. The summed E-state index contributed by atoms with van der Waals surface area (Å²) >= 11 is 0. The highest BCUT2D eigenvalue weighted by Crippen LogP contribution is 2.31. The molecule has 6 heteroatoms. The zero-order valence-corrected chi connectivity index (χ0v) is 15.1. The van der Waals surface area contributed by atoms with Crippen molar-refractivity contribution < 1.29 is 9.53 Å². The molecule has 0 aliphatic heterocycles. The van der Waals surface area contributed by atoms with Crippen LogP contribution in [0.5, 0.6) is 5.75 Å². The quantitative estimate of drug-likeness (QED) is 0.728. The lowest BCUT2D eigenvalue weighted by molar-refractivity contribution is -0.114. The van der Waals surface area contributed by atoms with Crippen molar-refractivity contribution in [3.63, 3.8) is 0 Å². The van der Waals surface area contributed by atoms with E-state index < -0.39 is 0 Å². The van der Waals surface area contributed by atoms with Crippen LogP contribution in [0.1, 0.15) is 20.8 Å². The Morgan fingerprint density at radius 1 is 1.08 bits per heavy atom.